The molecular formula is C13H18N2O2S. The SMILES string of the molecule is COc1ccsc1C(=O)N1CCC2(CCNC2)C1. The van der Waals surface area contributed by atoms with Crippen molar-refractivity contribution in [2.24, 2.45) is 5.41 Å². The zero-order valence-electron chi connectivity index (χ0n) is 10.6. The number of nitrogens with zero attached hydrogens (tertiary/aromatic N) is 1. The van der Waals surface area contributed by atoms with Gasteiger partial charge in [-0.25, -0.2) is 0 Å². The molecule has 3 heterocycles. The first kappa shape index (κ1) is 12.0. The molecule has 0 saturated carbocycles. The van der Waals surface area contributed by atoms with Crippen LogP contribution in [0.5, 0.6) is 5.75 Å². The molecule has 1 unspecified atom stereocenters. The van der Waals surface area contributed by atoms with Gasteiger partial charge in [-0.05, 0) is 30.8 Å². The fourth-order valence-corrected chi connectivity index (χ4v) is 3.84. The molecule has 1 amide bonds. The topological polar surface area (TPSA) is 41.6 Å². The van der Waals surface area contributed by atoms with E-state index >= 15 is 0 Å². The maximum Gasteiger partial charge on any atom is 0.267 e. The van der Waals surface area contributed by atoms with E-state index in [4.69, 9.17) is 4.74 Å². The number of thiophene rings is 1. The Bertz CT molecular complexity index is 452. The molecule has 3 rings (SSSR count). The fraction of sp³-hybridized carbons (Fsp3) is 0.615. The predicted molar refractivity (Wildman–Crippen MR) is 71.3 cm³/mol. The summed E-state index contributed by atoms with van der Waals surface area (Å²) in [5.41, 5.74) is 0.333. The predicted octanol–water partition coefficient (Wildman–Crippen LogP) is 1.58. The van der Waals surface area contributed by atoms with Gasteiger partial charge in [-0.3, -0.25) is 4.79 Å². The summed E-state index contributed by atoms with van der Waals surface area (Å²) in [7, 11) is 1.62. The van der Waals surface area contributed by atoms with E-state index in [1.807, 2.05) is 16.3 Å². The molecule has 2 aliphatic heterocycles. The van der Waals surface area contributed by atoms with Gasteiger partial charge in [0.25, 0.3) is 5.91 Å². The van der Waals surface area contributed by atoms with Crippen molar-refractivity contribution in [2.45, 2.75) is 12.8 Å². The molecule has 1 spiro atoms. The van der Waals surface area contributed by atoms with Crippen LogP contribution in [0.3, 0.4) is 0 Å². The van der Waals surface area contributed by atoms with Crippen molar-refractivity contribution < 1.29 is 9.53 Å². The van der Waals surface area contributed by atoms with E-state index < -0.39 is 0 Å². The number of nitrogens with one attached hydrogen (secondary N) is 1. The van der Waals surface area contributed by atoms with Gasteiger partial charge in [0.2, 0.25) is 0 Å². The molecule has 0 bridgehead atoms. The molecule has 18 heavy (non-hydrogen) atoms. The van der Waals surface area contributed by atoms with Crippen LogP contribution in [-0.4, -0.2) is 44.1 Å². The summed E-state index contributed by atoms with van der Waals surface area (Å²) >= 11 is 1.47. The molecule has 2 aliphatic rings. The molecule has 1 aromatic heterocycles. The molecule has 0 aliphatic carbocycles. The lowest BCUT2D eigenvalue weighted by Gasteiger charge is -2.22. The number of rotatable bonds is 2. The van der Waals surface area contributed by atoms with E-state index in [-0.39, 0.29) is 5.91 Å². The van der Waals surface area contributed by atoms with Crippen molar-refractivity contribution in [2.75, 3.05) is 33.3 Å². The highest BCUT2D eigenvalue weighted by atomic mass is 32.1. The van der Waals surface area contributed by atoms with Crippen LogP contribution >= 0.6 is 11.3 Å². The molecule has 5 heteroatoms. The Morgan fingerprint density at radius 3 is 3.17 bits per heavy atom. The first-order valence-electron chi connectivity index (χ1n) is 6.36. The average molecular weight is 266 g/mol. The lowest BCUT2D eigenvalue weighted by molar-refractivity contribution is 0.0777. The summed E-state index contributed by atoms with van der Waals surface area (Å²) in [6, 6.07) is 1.86. The molecular weight excluding hydrogens is 248 g/mol. The number of amides is 1. The van der Waals surface area contributed by atoms with Gasteiger partial charge in [0, 0.05) is 25.0 Å². The molecule has 4 nitrogen and oxygen atoms in total. The Balaban J connectivity index is 1.74. The van der Waals surface area contributed by atoms with Crippen LogP contribution in [0.1, 0.15) is 22.5 Å². The number of likely N-dealkylation sites (tertiary alicyclic amines) is 1. The summed E-state index contributed by atoms with van der Waals surface area (Å²) in [4.78, 5) is 15.2. The Hall–Kier alpha value is -1.07. The zero-order chi connectivity index (χ0) is 12.6. The van der Waals surface area contributed by atoms with E-state index in [9.17, 15) is 4.79 Å². The molecule has 1 atom stereocenters. The van der Waals surface area contributed by atoms with Gasteiger partial charge in [0.05, 0.1) is 7.11 Å². The monoisotopic (exact) mass is 266 g/mol. The van der Waals surface area contributed by atoms with Gasteiger partial charge in [-0.15, -0.1) is 11.3 Å². The summed E-state index contributed by atoms with van der Waals surface area (Å²) < 4.78 is 5.23. The van der Waals surface area contributed by atoms with Gasteiger partial charge < -0.3 is 15.0 Å². The second kappa shape index (κ2) is 4.55. The summed E-state index contributed by atoms with van der Waals surface area (Å²) in [6.45, 7) is 3.91. The van der Waals surface area contributed by atoms with E-state index in [0.29, 0.717) is 11.2 Å². The molecule has 2 saturated heterocycles. The number of carbonyl (C=O) groups is 1. The van der Waals surface area contributed by atoms with Crippen molar-refractivity contribution in [1.82, 2.24) is 10.2 Å². The highest BCUT2D eigenvalue weighted by Crippen LogP contribution is 2.37. The van der Waals surface area contributed by atoms with E-state index in [1.165, 1.54) is 17.8 Å². The first-order chi connectivity index (χ1) is 8.74. The van der Waals surface area contributed by atoms with Gasteiger partial charge >= 0.3 is 0 Å². The third-order valence-electron chi connectivity index (χ3n) is 4.10. The Morgan fingerprint density at radius 2 is 2.44 bits per heavy atom. The minimum atomic E-state index is 0.130. The minimum absolute atomic E-state index is 0.130. The molecule has 98 valence electrons. The summed E-state index contributed by atoms with van der Waals surface area (Å²) in [6.07, 6.45) is 2.32. The summed E-state index contributed by atoms with van der Waals surface area (Å²) in [5, 5.41) is 5.32. The zero-order valence-corrected chi connectivity index (χ0v) is 11.4. The molecule has 0 aromatic carbocycles. The standard InChI is InChI=1S/C13H18N2O2S/c1-17-10-2-7-18-11(10)12(16)15-6-4-13(9-15)3-5-14-8-13/h2,7,14H,3-6,8-9H2,1H3. The van der Waals surface area contributed by atoms with Crippen molar-refractivity contribution in [1.29, 1.82) is 0 Å². The van der Waals surface area contributed by atoms with Crippen molar-refractivity contribution in [3.63, 3.8) is 0 Å². The Morgan fingerprint density at radius 1 is 1.56 bits per heavy atom. The average Bonchev–Trinajstić information content (AvgIpc) is 3.11. The number of hydrogen-bond donors (Lipinski definition) is 1. The molecule has 1 N–H and O–H groups in total. The van der Waals surface area contributed by atoms with Crippen LogP contribution in [0.2, 0.25) is 0 Å². The Kier molecular flexibility index (Phi) is 3.03. The van der Waals surface area contributed by atoms with Crippen molar-refractivity contribution in [3.8, 4) is 5.75 Å². The van der Waals surface area contributed by atoms with Crippen LogP contribution in [0, 0.1) is 5.41 Å². The fourth-order valence-electron chi connectivity index (χ4n) is 3.01. The first-order valence-corrected chi connectivity index (χ1v) is 7.24. The molecule has 0 radical (unpaired) electrons. The number of methoxy groups -OCH3 is 1. The summed E-state index contributed by atoms with van der Waals surface area (Å²) in [5.74, 6) is 0.834. The molecule has 1 aromatic rings. The van der Waals surface area contributed by atoms with Crippen LogP contribution in [0.15, 0.2) is 11.4 Å². The number of hydrogen-bond acceptors (Lipinski definition) is 4. The largest absolute Gasteiger partial charge is 0.495 e. The minimum Gasteiger partial charge on any atom is -0.495 e. The van der Waals surface area contributed by atoms with E-state index in [1.54, 1.807) is 7.11 Å². The second-order valence-electron chi connectivity index (χ2n) is 5.22. The van der Waals surface area contributed by atoms with Crippen molar-refractivity contribution in [3.05, 3.63) is 16.3 Å². The van der Waals surface area contributed by atoms with Crippen LogP contribution in [0.4, 0.5) is 0 Å². The second-order valence-corrected chi connectivity index (χ2v) is 6.14. The smallest absolute Gasteiger partial charge is 0.267 e. The Labute approximate surface area is 111 Å². The highest BCUT2D eigenvalue weighted by molar-refractivity contribution is 7.12. The number of ether oxygens (including phenoxy) is 1. The van der Waals surface area contributed by atoms with E-state index in [0.717, 1.165) is 37.5 Å². The lowest BCUT2D eigenvalue weighted by atomic mass is 9.87. The maximum absolute atomic E-state index is 12.5. The van der Waals surface area contributed by atoms with Crippen LogP contribution in [0.25, 0.3) is 0 Å². The third kappa shape index (κ3) is 1.91. The molecule has 2 fully saturated rings. The van der Waals surface area contributed by atoms with Gasteiger partial charge in [-0.2, -0.15) is 0 Å². The maximum atomic E-state index is 12.5. The van der Waals surface area contributed by atoms with Gasteiger partial charge in [-0.1, -0.05) is 0 Å². The van der Waals surface area contributed by atoms with Gasteiger partial charge in [0.15, 0.2) is 0 Å². The van der Waals surface area contributed by atoms with Crippen molar-refractivity contribution >= 4 is 17.2 Å². The van der Waals surface area contributed by atoms with Crippen LogP contribution in [-0.2, 0) is 0 Å². The van der Waals surface area contributed by atoms with E-state index in [2.05, 4.69) is 5.32 Å². The normalized spacial score (nSPS) is 27.1. The van der Waals surface area contributed by atoms with Gasteiger partial charge in [0.1, 0.15) is 10.6 Å². The lowest BCUT2D eigenvalue weighted by Crippen LogP contribution is -2.33. The van der Waals surface area contributed by atoms with Crippen LogP contribution < -0.4 is 10.1 Å². The number of carbonyl (C=O) groups excluding carboxylic acids is 1. The highest BCUT2D eigenvalue weighted by Gasteiger charge is 2.42. The quantitative estimate of drug-likeness (QED) is 0.883. The third-order valence-corrected chi connectivity index (χ3v) is 4.98.